The first-order valence-corrected chi connectivity index (χ1v) is 9.57. The van der Waals surface area contributed by atoms with Crippen LogP contribution in [0.15, 0.2) is 52.7 Å². The molecule has 130 valence electrons. The maximum atomic E-state index is 5.34. The van der Waals surface area contributed by atoms with E-state index in [1.165, 1.54) is 17.8 Å². The Bertz CT molecular complexity index is 755. The summed E-state index contributed by atoms with van der Waals surface area (Å²) in [5.41, 5.74) is 1.15. The zero-order valence-corrected chi connectivity index (χ0v) is 15.0. The maximum Gasteiger partial charge on any atom is 0.195 e. The average Bonchev–Trinajstić information content (AvgIpc) is 3.30. The van der Waals surface area contributed by atoms with E-state index in [1.54, 1.807) is 6.26 Å². The van der Waals surface area contributed by atoms with E-state index >= 15 is 0 Å². The molecule has 1 aliphatic rings. The molecule has 25 heavy (non-hydrogen) atoms. The molecule has 0 aromatic carbocycles. The molecular formula is C19H22N4OS. The fraction of sp³-hybridized carbons (Fsp3) is 0.368. The lowest BCUT2D eigenvalue weighted by atomic mass is 10.3. The van der Waals surface area contributed by atoms with Crippen molar-refractivity contribution in [3.8, 4) is 11.6 Å². The highest BCUT2D eigenvalue weighted by Gasteiger charge is 2.16. The number of rotatable bonds is 5. The second kappa shape index (κ2) is 7.91. The minimum absolute atomic E-state index is 0.645. The van der Waals surface area contributed by atoms with Gasteiger partial charge in [-0.2, -0.15) is 0 Å². The average molecular weight is 354 g/mol. The first kappa shape index (κ1) is 16.4. The SMILES string of the molecule is c1coc(-c2ncc(CN3CCCN(Cc4cccs4)CC3)cn2)c1. The Morgan fingerprint density at radius 2 is 1.76 bits per heavy atom. The highest BCUT2D eigenvalue weighted by molar-refractivity contribution is 7.09. The van der Waals surface area contributed by atoms with Crippen molar-refractivity contribution >= 4 is 11.3 Å². The van der Waals surface area contributed by atoms with Crippen LogP contribution in [0.3, 0.4) is 0 Å². The summed E-state index contributed by atoms with van der Waals surface area (Å²) in [5.74, 6) is 1.36. The molecule has 0 radical (unpaired) electrons. The number of hydrogen-bond acceptors (Lipinski definition) is 6. The van der Waals surface area contributed by atoms with Crippen molar-refractivity contribution in [3.63, 3.8) is 0 Å². The van der Waals surface area contributed by atoms with Gasteiger partial charge in [-0.05, 0) is 43.1 Å². The lowest BCUT2D eigenvalue weighted by molar-refractivity contribution is 0.248. The van der Waals surface area contributed by atoms with E-state index in [0.717, 1.165) is 38.3 Å². The molecule has 0 saturated carbocycles. The molecule has 1 fully saturated rings. The van der Waals surface area contributed by atoms with Crippen LogP contribution < -0.4 is 0 Å². The van der Waals surface area contributed by atoms with E-state index in [2.05, 4.69) is 37.3 Å². The summed E-state index contributed by atoms with van der Waals surface area (Å²) in [6.45, 7) is 6.48. The summed E-state index contributed by atoms with van der Waals surface area (Å²) < 4.78 is 5.34. The van der Waals surface area contributed by atoms with E-state index < -0.39 is 0 Å². The third-order valence-electron chi connectivity index (χ3n) is 4.49. The van der Waals surface area contributed by atoms with Crippen LogP contribution >= 0.6 is 11.3 Å². The van der Waals surface area contributed by atoms with E-state index in [0.29, 0.717) is 11.6 Å². The summed E-state index contributed by atoms with van der Waals surface area (Å²) in [6.07, 6.45) is 6.68. The van der Waals surface area contributed by atoms with Gasteiger partial charge in [0.05, 0.1) is 6.26 Å². The van der Waals surface area contributed by atoms with Gasteiger partial charge in [0.25, 0.3) is 0 Å². The number of nitrogens with zero attached hydrogens (tertiary/aromatic N) is 4. The van der Waals surface area contributed by atoms with Crippen molar-refractivity contribution in [1.29, 1.82) is 0 Å². The Labute approximate surface area is 151 Å². The Morgan fingerprint density at radius 1 is 0.960 bits per heavy atom. The van der Waals surface area contributed by atoms with Crippen molar-refractivity contribution in [2.24, 2.45) is 0 Å². The highest BCUT2D eigenvalue weighted by atomic mass is 32.1. The van der Waals surface area contributed by atoms with Crippen LogP contribution in [0, 0.1) is 0 Å². The second-order valence-electron chi connectivity index (χ2n) is 6.38. The van der Waals surface area contributed by atoms with Gasteiger partial charge in [0, 0.05) is 49.0 Å². The molecule has 3 aromatic rings. The molecule has 0 bridgehead atoms. The van der Waals surface area contributed by atoms with Crippen molar-refractivity contribution < 1.29 is 4.42 Å². The third-order valence-corrected chi connectivity index (χ3v) is 5.35. The maximum absolute atomic E-state index is 5.34. The molecule has 0 atom stereocenters. The van der Waals surface area contributed by atoms with Crippen LogP contribution in [0.25, 0.3) is 11.6 Å². The van der Waals surface area contributed by atoms with Crippen molar-refractivity contribution in [3.05, 3.63) is 58.7 Å². The highest BCUT2D eigenvalue weighted by Crippen LogP contribution is 2.16. The summed E-state index contributed by atoms with van der Waals surface area (Å²) >= 11 is 1.85. The monoisotopic (exact) mass is 354 g/mol. The van der Waals surface area contributed by atoms with Crippen molar-refractivity contribution in [2.75, 3.05) is 26.2 Å². The third kappa shape index (κ3) is 4.34. The van der Waals surface area contributed by atoms with Crippen LogP contribution in [0.4, 0.5) is 0 Å². The zero-order chi connectivity index (χ0) is 16.9. The standard InChI is InChI=1S/C19H22N4OS/c1-5-18(24-10-1)19-20-12-16(13-21-19)14-22-6-3-7-23(9-8-22)15-17-4-2-11-25-17/h1-2,4-5,10-13H,3,6-9,14-15H2. The Kier molecular flexibility index (Phi) is 5.20. The molecule has 0 unspecified atom stereocenters. The predicted molar refractivity (Wildman–Crippen MR) is 99.2 cm³/mol. The van der Waals surface area contributed by atoms with Crippen LogP contribution in [0.5, 0.6) is 0 Å². The lowest BCUT2D eigenvalue weighted by Crippen LogP contribution is -2.30. The van der Waals surface area contributed by atoms with Gasteiger partial charge in [0.2, 0.25) is 0 Å². The van der Waals surface area contributed by atoms with Crippen LogP contribution in [0.2, 0.25) is 0 Å². The van der Waals surface area contributed by atoms with Gasteiger partial charge in [0.15, 0.2) is 11.6 Å². The van der Waals surface area contributed by atoms with Crippen molar-refractivity contribution in [2.45, 2.75) is 19.5 Å². The molecule has 4 heterocycles. The molecule has 5 nitrogen and oxygen atoms in total. The summed E-state index contributed by atoms with van der Waals surface area (Å²) in [6, 6.07) is 8.10. The zero-order valence-electron chi connectivity index (χ0n) is 14.2. The lowest BCUT2D eigenvalue weighted by Gasteiger charge is -2.21. The smallest absolute Gasteiger partial charge is 0.195 e. The molecular weight excluding hydrogens is 332 g/mol. The van der Waals surface area contributed by atoms with Crippen LogP contribution in [0.1, 0.15) is 16.9 Å². The first-order chi connectivity index (χ1) is 12.4. The Hall–Kier alpha value is -2.02. The van der Waals surface area contributed by atoms with E-state index in [4.69, 9.17) is 4.42 Å². The van der Waals surface area contributed by atoms with Gasteiger partial charge in [0.1, 0.15) is 0 Å². The molecule has 0 N–H and O–H groups in total. The Morgan fingerprint density at radius 3 is 2.44 bits per heavy atom. The molecule has 1 saturated heterocycles. The minimum Gasteiger partial charge on any atom is -0.461 e. The van der Waals surface area contributed by atoms with Gasteiger partial charge >= 0.3 is 0 Å². The summed E-state index contributed by atoms with van der Waals surface area (Å²) in [4.78, 5) is 15.4. The number of aromatic nitrogens is 2. The molecule has 0 spiro atoms. The topological polar surface area (TPSA) is 45.4 Å². The van der Waals surface area contributed by atoms with E-state index in [9.17, 15) is 0 Å². The second-order valence-corrected chi connectivity index (χ2v) is 7.41. The molecule has 4 rings (SSSR count). The van der Waals surface area contributed by atoms with Crippen molar-refractivity contribution in [1.82, 2.24) is 19.8 Å². The van der Waals surface area contributed by atoms with Gasteiger partial charge in [-0.15, -0.1) is 11.3 Å². The van der Waals surface area contributed by atoms with E-state index in [-0.39, 0.29) is 0 Å². The summed E-state index contributed by atoms with van der Waals surface area (Å²) in [5, 5.41) is 2.16. The van der Waals surface area contributed by atoms with Gasteiger partial charge < -0.3 is 4.42 Å². The fourth-order valence-corrected chi connectivity index (χ4v) is 3.94. The normalized spacial score (nSPS) is 16.8. The molecule has 3 aromatic heterocycles. The first-order valence-electron chi connectivity index (χ1n) is 8.69. The van der Waals surface area contributed by atoms with Crippen LogP contribution in [-0.2, 0) is 13.1 Å². The molecule has 6 heteroatoms. The number of hydrogen-bond donors (Lipinski definition) is 0. The summed E-state index contributed by atoms with van der Waals surface area (Å²) in [7, 11) is 0. The molecule has 0 aliphatic carbocycles. The predicted octanol–water partition coefficient (Wildman–Crippen LogP) is 3.51. The Balaban J connectivity index is 1.32. The minimum atomic E-state index is 0.645. The van der Waals surface area contributed by atoms with Crippen LogP contribution in [-0.4, -0.2) is 45.9 Å². The fourth-order valence-electron chi connectivity index (χ4n) is 3.19. The number of thiophene rings is 1. The van der Waals surface area contributed by atoms with Gasteiger partial charge in [-0.3, -0.25) is 9.80 Å². The van der Waals surface area contributed by atoms with Gasteiger partial charge in [-0.25, -0.2) is 9.97 Å². The molecule has 1 aliphatic heterocycles. The van der Waals surface area contributed by atoms with E-state index in [1.807, 2.05) is 35.9 Å². The van der Waals surface area contributed by atoms with Gasteiger partial charge in [-0.1, -0.05) is 6.07 Å². The number of furan rings is 1. The largest absolute Gasteiger partial charge is 0.461 e. The molecule has 0 amide bonds. The quantitative estimate of drug-likeness (QED) is 0.702.